The van der Waals surface area contributed by atoms with Crippen molar-refractivity contribution in [1.82, 2.24) is 4.90 Å². The van der Waals surface area contributed by atoms with Crippen LogP contribution in [0.4, 0.5) is 5.69 Å². The number of nitrogen functional groups attached to an aromatic ring is 1. The molecule has 0 saturated carbocycles. The van der Waals surface area contributed by atoms with Gasteiger partial charge in [0.05, 0.1) is 6.61 Å². The van der Waals surface area contributed by atoms with Crippen LogP contribution in [0.1, 0.15) is 24.2 Å². The van der Waals surface area contributed by atoms with E-state index in [2.05, 4.69) is 15.9 Å². The Hall–Kier alpha value is -1.07. The van der Waals surface area contributed by atoms with Crippen LogP contribution in [0.5, 0.6) is 0 Å². The van der Waals surface area contributed by atoms with Crippen LogP contribution < -0.4 is 5.73 Å². The molecule has 2 N–H and O–H groups in total. The van der Waals surface area contributed by atoms with Crippen molar-refractivity contribution >= 4 is 27.5 Å². The van der Waals surface area contributed by atoms with Crippen LogP contribution in [0.3, 0.4) is 0 Å². The zero-order chi connectivity index (χ0) is 13.5. The number of nitrogens with zero attached hydrogens (tertiary/aromatic N) is 1. The standard InChI is InChI=1S/C13H19BrN2O2/c1-3-16(7-8-18-4-2)13(17)10-5-6-11(14)12(15)9-10/h5-6,9H,3-4,7-8,15H2,1-2H3. The zero-order valence-electron chi connectivity index (χ0n) is 10.8. The Labute approximate surface area is 116 Å². The Morgan fingerprint density at radius 2 is 2.17 bits per heavy atom. The first kappa shape index (κ1) is 15.0. The summed E-state index contributed by atoms with van der Waals surface area (Å²) in [7, 11) is 0. The smallest absolute Gasteiger partial charge is 0.253 e. The van der Waals surface area contributed by atoms with Crippen LogP contribution in [0.2, 0.25) is 0 Å². The van der Waals surface area contributed by atoms with E-state index in [1.807, 2.05) is 13.8 Å². The van der Waals surface area contributed by atoms with E-state index in [9.17, 15) is 4.79 Å². The zero-order valence-corrected chi connectivity index (χ0v) is 12.4. The molecule has 0 unspecified atom stereocenters. The molecule has 1 rings (SSSR count). The van der Waals surface area contributed by atoms with Crippen LogP contribution in [0, 0.1) is 0 Å². The largest absolute Gasteiger partial charge is 0.398 e. The van der Waals surface area contributed by atoms with Gasteiger partial charge < -0.3 is 15.4 Å². The van der Waals surface area contributed by atoms with Gasteiger partial charge in [-0.05, 0) is 48.0 Å². The van der Waals surface area contributed by atoms with Crippen molar-refractivity contribution < 1.29 is 9.53 Å². The highest BCUT2D eigenvalue weighted by atomic mass is 79.9. The van der Waals surface area contributed by atoms with E-state index in [-0.39, 0.29) is 5.91 Å². The highest BCUT2D eigenvalue weighted by Gasteiger charge is 2.14. The van der Waals surface area contributed by atoms with Crippen molar-refractivity contribution in [2.24, 2.45) is 0 Å². The molecule has 0 heterocycles. The second-order valence-electron chi connectivity index (χ2n) is 3.82. The van der Waals surface area contributed by atoms with Crippen molar-refractivity contribution in [3.63, 3.8) is 0 Å². The minimum atomic E-state index is -0.0172. The summed E-state index contributed by atoms with van der Waals surface area (Å²) in [6, 6.07) is 5.25. The molecule has 5 heteroatoms. The Bertz CT molecular complexity index is 410. The summed E-state index contributed by atoms with van der Waals surface area (Å²) in [6.45, 7) is 6.36. The number of amides is 1. The van der Waals surface area contributed by atoms with Gasteiger partial charge in [0.1, 0.15) is 0 Å². The molecule has 1 aromatic rings. The molecule has 0 aliphatic rings. The number of halogens is 1. The number of ether oxygens (including phenoxy) is 1. The van der Waals surface area contributed by atoms with Gasteiger partial charge in [0.25, 0.3) is 5.91 Å². The van der Waals surface area contributed by atoms with Crippen LogP contribution in [-0.2, 0) is 4.74 Å². The maximum absolute atomic E-state index is 12.2. The first-order valence-electron chi connectivity index (χ1n) is 6.02. The normalized spacial score (nSPS) is 10.4. The Morgan fingerprint density at radius 3 is 2.72 bits per heavy atom. The lowest BCUT2D eigenvalue weighted by Gasteiger charge is -2.21. The van der Waals surface area contributed by atoms with E-state index in [1.165, 1.54) is 0 Å². The van der Waals surface area contributed by atoms with Crippen molar-refractivity contribution in [2.45, 2.75) is 13.8 Å². The third kappa shape index (κ3) is 3.99. The molecular formula is C13H19BrN2O2. The SMILES string of the molecule is CCOCCN(CC)C(=O)c1ccc(Br)c(N)c1. The third-order valence-electron chi connectivity index (χ3n) is 2.62. The number of rotatable bonds is 6. The molecule has 1 aromatic carbocycles. The molecule has 4 nitrogen and oxygen atoms in total. The fourth-order valence-electron chi connectivity index (χ4n) is 1.58. The molecule has 1 amide bonds. The molecule has 18 heavy (non-hydrogen) atoms. The van der Waals surface area contributed by atoms with Gasteiger partial charge in [0.15, 0.2) is 0 Å². The second-order valence-corrected chi connectivity index (χ2v) is 4.67. The van der Waals surface area contributed by atoms with E-state index in [1.54, 1.807) is 23.1 Å². The summed E-state index contributed by atoms with van der Waals surface area (Å²) in [5.41, 5.74) is 6.96. The lowest BCUT2D eigenvalue weighted by molar-refractivity contribution is 0.0669. The van der Waals surface area contributed by atoms with Gasteiger partial charge in [0.2, 0.25) is 0 Å². The van der Waals surface area contributed by atoms with Gasteiger partial charge in [0, 0.05) is 35.4 Å². The second kappa shape index (κ2) is 7.38. The van der Waals surface area contributed by atoms with E-state index >= 15 is 0 Å². The van der Waals surface area contributed by atoms with Crippen molar-refractivity contribution in [2.75, 3.05) is 32.0 Å². The predicted octanol–water partition coefficient (Wildman–Crippen LogP) is 2.53. The molecule has 0 spiro atoms. The molecule has 0 atom stereocenters. The maximum atomic E-state index is 12.2. The molecule has 0 bridgehead atoms. The number of hydrogen-bond acceptors (Lipinski definition) is 3. The summed E-state index contributed by atoms with van der Waals surface area (Å²) in [6.07, 6.45) is 0. The quantitative estimate of drug-likeness (QED) is 0.648. The van der Waals surface area contributed by atoms with E-state index in [4.69, 9.17) is 10.5 Å². The predicted molar refractivity (Wildman–Crippen MR) is 76.6 cm³/mol. The number of benzene rings is 1. The molecule has 0 aliphatic heterocycles. The molecule has 0 radical (unpaired) electrons. The number of likely N-dealkylation sites (N-methyl/N-ethyl adjacent to an activating group) is 1. The van der Waals surface area contributed by atoms with Gasteiger partial charge in [-0.25, -0.2) is 0 Å². The summed E-state index contributed by atoms with van der Waals surface area (Å²) >= 11 is 3.31. The van der Waals surface area contributed by atoms with E-state index in [0.29, 0.717) is 37.6 Å². The molecule has 0 aromatic heterocycles. The van der Waals surface area contributed by atoms with Crippen molar-refractivity contribution in [3.05, 3.63) is 28.2 Å². The first-order valence-corrected chi connectivity index (χ1v) is 6.81. The highest BCUT2D eigenvalue weighted by Crippen LogP contribution is 2.21. The number of carbonyl (C=O) groups is 1. The Balaban J connectivity index is 2.73. The molecular weight excluding hydrogens is 296 g/mol. The fourth-order valence-corrected chi connectivity index (χ4v) is 1.83. The average molecular weight is 315 g/mol. The van der Waals surface area contributed by atoms with Gasteiger partial charge in [-0.15, -0.1) is 0 Å². The Kier molecular flexibility index (Phi) is 6.15. The highest BCUT2D eigenvalue weighted by molar-refractivity contribution is 9.10. The summed E-state index contributed by atoms with van der Waals surface area (Å²) < 4.78 is 6.07. The van der Waals surface area contributed by atoms with Gasteiger partial charge in [-0.2, -0.15) is 0 Å². The fraction of sp³-hybridized carbons (Fsp3) is 0.462. The maximum Gasteiger partial charge on any atom is 0.253 e. The lowest BCUT2D eigenvalue weighted by atomic mass is 10.2. The minimum Gasteiger partial charge on any atom is -0.398 e. The number of carbonyl (C=O) groups excluding carboxylic acids is 1. The van der Waals surface area contributed by atoms with Gasteiger partial charge in [-0.1, -0.05) is 0 Å². The van der Waals surface area contributed by atoms with Crippen LogP contribution >= 0.6 is 15.9 Å². The topological polar surface area (TPSA) is 55.6 Å². The summed E-state index contributed by atoms with van der Waals surface area (Å²) in [5, 5.41) is 0. The Morgan fingerprint density at radius 1 is 1.44 bits per heavy atom. The van der Waals surface area contributed by atoms with Crippen LogP contribution in [-0.4, -0.2) is 37.1 Å². The lowest BCUT2D eigenvalue weighted by Crippen LogP contribution is -2.33. The van der Waals surface area contributed by atoms with Gasteiger partial charge >= 0.3 is 0 Å². The summed E-state index contributed by atoms with van der Waals surface area (Å²) in [4.78, 5) is 14.0. The molecule has 100 valence electrons. The minimum absolute atomic E-state index is 0.0172. The monoisotopic (exact) mass is 314 g/mol. The van der Waals surface area contributed by atoms with Crippen molar-refractivity contribution in [3.8, 4) is 0 Å². The summed E-state index contributed by atoms with van der Waals surface area (Å²) in [5.74, 6) is -0.0172. The number of anilines is 1. The number of nitrogens with two attached hydrogens (primary N) is 1. The number of hydrogen-bond donors (Lipinski definition) is 1. The van der Waals surface area contributed by atoms with E-state index < -0.39 is 0 Å². The van der Waals surface area contributed by atoms with Crippen LogP contribution in [0.15, 0.2) is 22.7 Å². The van der Waals surface area contributed by atoms with E-state index in [0.717, 1.165) is 4.47 Å². The molecule has 0 saturated heterocycles. The van der Waals surface area contributed by atoms with Crippen molar-refractivity contribution in [1.29, 1.82) is 0 Å². The van der Waals surface area contributed by atoms with Crippen LogP contribution in [0.25, 0.3) is 0 Å². The average Bonchev–Trinajstić information content (AvgIpc) is 2.37. The molecule has 0 aliphatic carbocycles. The third-order valence-corrected chi connectivity index (χ3v) is 3.34. The first-order chi connectivity index (χ1) is 8.60. The molecule has 0 fully saturated rings. The van der Waals surface area contributed by atoms with Gasteiger partial charge in [-0.3, -0.25) is 4.79 Å².